The van der Waals surface area contributed by atoms with Crippen molar-refractivity contribution in [1.82, 2.24) is 0 Å². The Kier molecular flexibility index (Phi) is 8.53. The van der Waals surface area contributed by atoms with Crippen molar-refractivity contribution in [2.24, 2.45) is 0 Å². The minimum Gasteiger partial charge on any atom is -0.460 e. The van der Waals surface area contributed by atoms with E-state index in [1.807, 2.05) is 0 Å². The summed E-state index contributed by atoms with van der Waals surface area (Å²) in [6.07, 6.45) is 3.70. The van der Waals surface area contributed by atoms with Gasteiger partial charge in [0.05, 0.1) is 12.2 Å². The summed E-state index contributed by atoms with van der Waals surface area (Å²) in [4.78, 5) is 23.4. The number of aliphatic hydroxyl groups is 1. The standard InChI is InChI=1S/C16H24O7/c1-11-4-5-13(21-10-20-3)6-8-16(19)23-12(2)14(17)7-9-15(18)22-11/h6-9,11-14,17H,4-5,10H2,1-3H3/b8-6+,9-7+/t11-,12-,13-,14-/m0/s1. The Morgan fingerprint density at radius 2 is 1.78 bits per heavy atom. The minimum atomic E-state index is -1.10. The van der Waals surface area contributed by atoms with Gasteiger partial charge in [-0.15, -0.1) is 0 Å². The van der Waals surface area contributed by atoms with Crippen molar-refractivity contribution in [1.29, 1.82) is 0 Å². The van der Waals surface area contributed by atoms with Gasteiger partial charge in [0.1, 0.15) is 19.0 Å². The molecule has 0 saturated carbocycles. The number of hydrogen-bond acceptors (Lipinski definition) is 7. The van der Waals surface area contributed by atoms with Crippen LogP contribution in [0.5, 0.6) is 0 Å². The fourth-order valence-corrected chi connectivity index (χ4v) is 1.90. The molecule has 1 heterocycles. The van der Waals surface area contributed by atoms with E-state index in [4.69, 9.17) is 18.9 Å². The fourth-order valence-electron chi connectivity index (χ4n) is 1.90. The Morgan fingerprint density at radius 3 is 2.48 bits per heavy atom. The van der Waals surface area contributed by atoms with E-state index in [9.17, 15) is 14.7 Å². The number of hydrogen-bond donors (Lipinski definition) is 1. The predicted molar refractivity (Wildman–Crippen MR) is 81.4 cm³/mol. The van der Waals surface area contributed by atoms with Crippen LogP contribution in [0.2, 0.25) is 0 Å². The molecule has 0 saturated heterocycles. The number of carbonyl (C=O) groups excluding carboxylic acids is 2. The third-order valence-corrected chi connectivity index (χ3v) is 3.23. The van der Waals surface area contributed by atoms with Gasteiger partial charge in [0, 0.05) is 19.3 Å². The zero-order valence-corrected chi connectivity index (χ0v) is 13.6. The van der Waals surface area contributed by atoms with Crippen molar-refractivity contribution < 1.29 is 33.6 Å². The molecule has 1 aliphatic rings. The van der Waals surface area contributed by atoms with E-state index in [-0.39, 0.29) is 19.0 Å². The number of aliphatic hydroxyl groups excluding tert-OH is 1. The molecule has 130 valence electrons. The number of ether oxygens (including phenoxy) is 4. The van der Waals surface area contributed by atoms with Gasteiger partial charge in [-0.25, -0.2) is 9.59 Å². The van der Waals surface area contributed by atoms with Gasteiger partial charge in [0.15, 0.2) is 0 Å². The molecular weight excluding hydrogens is 304 g/mol. The first-order valence-corrected chi connectivity index (χ1v) is 7.48. The first-order valence-electron chi connectivity index (χ1n) is 7.48. The molecule has 1 N–H and O–H groups in total. The lowest BCUT2D eigenvalue weighted by atomic mass is 10.1. The van der Waals surface area contributed by atoms with Crippen molar-refractivity contribution in [3.63, 3.8) is 0 Å². The normalized spacial score (nSPS) is 33.2. The highest BCUT2D eigenvalue weighted by Crippen LogP contribution is 2.11. The molecule has 0 aromatic heterocycles. The third kappa shape index (κ3) is 7.92. The number of carbonyl (C=O) groups is 2. The van der Waals surface area contributed by atoms with Crippen molar-refractivity contribution in [2.45, 2.75) is 51.1 Å². The number of methoxy groups -OCH3 is 1. The highest BCUT2D eigenvalue weighted by atomic mass is 16.7. The summed E-state index contributed by atoms with van der Waals surface area (Å²) < 4.78 is 20.5. The van der Waals surface area contributed by atoms with Gasteiger partial charge in [-0.05, 0) is 38.8 Å². The zero-order valence-electron chi connectivity index (χ0n) is 13.6. The van der Waals surface area contributed by atoms with Gasteiger partial charge in [-0.1, -0.05) is 0 Å². The highest BCUT2D eigenvalue weighted by molar-refractivity contribution is 5.83. The van der Waals surface area contributed by atoms with Crippen molar-refractivity contribution in [3.8, 4) is 0 Å². The molecular formula is C16H24O7. The lowest BCUT2D eigenvalue weighted by molar-refractivity contribution is -0.146. The summed E-state index contributed by atoms with van der Waals surface area (Å²) in [5.74, 6) is -1.15. The molecule has 1 rings (SSSR count). The van der Waals surface area contributed by atoms with Gasteiger partial charge in [-0.2, -0.15) is 0 Å². The van der Waals surface area contributed by atoms with E-state index in [1.165, 1.54) is 26.2 Å². The lowest BCUT2D eigenvalue weighted by Crippen LogP contribution is -2.27. The van der Waals surface area contributed by atoms with Crippen LogP contribution in [-0.4, -0.2) is 55.4 Å². The van der Waals surface area contributed by atoms with E-state index in [0.717, 1.165) is 6.08 Å². The van der Waals surface area contributed by atoms with Gasteiger partial charge < -0.3 is 24.1 Å². The zero-order chi connectivity index (χ0) is 17.2. The molecule has 0 aromatic carbocycles. The molecule has 7 heteroatoms. The number of rotatable bonds is 3. The smallest absolute Gasteiger partial charge is 0.330 e. The lowest BCUT2D eigenvalue weighted by Gasteiger charge is -2.19. The predicted octanol–water partition coefficient (Wildman–Crippen LogP) is 1.11. The monoisotopic (exact) mass is 328 g/mol. The summed E-state index contributed by atoms with van der Waals surface area (Å²) in [5, 5.41) is 9.82. The van der Waals surface area contributed by atoms with Crippen LogP contribution in [0.1, 0.15) is 26.7 Å². The molecule has 23 heavy (non-hydrogen) atoms. The van der Waals surface area contributed by atoms with E-state index in [1.54, 1.807) is 13.0 Å². The van der Waals surface area contributed by atoms with E-state index >= 15 is 0 Å². The Labute approximate surface area is 135 Å². The molecule has 0 aromatic rings. The van der Waals surface area contributed by atoms with Crippen LogP contribution in [0.3, 0.4) is 0 Å². The number of esters is 2. The Hall–Kier alpha value is -1.70. The fraction of sp³-hybridized carbons (Fsp3) is 0.625. The molecule has 7 nitrogen and oxygen atoms in total. The molecule has 0 unspecified atom stereocenters. The van der Waals surface area contributed by atoms with Crippen molar-refractivity contribution in [3.05, 3.63) is 24.3 Å². The average Bonchev–Trinajstić information content (AvgIpc) is 2.50. The second-order valence-electron chi connectivity index (χ2n) is 5.29. The van der Waals surface area contributed by atoms with Crippen LogP contribution in [0.25, 0.3) is 0 Å². The van der Waals surface area contributed by atoms with Gasteiger partial charge >= 0.3 is 11.9 Å². The van der Waals surface area contributed by atoms with Crippen LogP contribution in [0, 0.1) is 0 Å². The first-order chi connectivity index (χ1) is 10.9. The summed E-state index contributed by atoms with van der Waals surface area (Å²) in [5.41, 5.74) is 0. The summed E-state index contributed by atoms with van der Waals surface area (Å²) in [6.45, 7) is 3.37. The van der Waals surface area contributed by atoms with Crippen LogP contribution in [0.15, 0.2) is 24.3 Å². The Morgan fingerprint density at radius 1 is 1.13 bits per heavy atom. The van der Waals surface area contributed by atoms with Gasteiger partial charge in [0.25, 0.3) is 0 Å². The molecule has 0 amide bonds. The maximum absolute atomic E-state index is 11.7. The Balaban J connectivity index is 2.83. The SMILES string of the molecule is COCO[C@@H]1/C=C/C(=O)O[C@@H](C)[C@@H](O)/C=C/C(=O)O[C@@H](C)CC1. The van der Waals surface area contributed by atoms with Crippen molar-refractivity contribution >= 4 is 11.9 Å². The summed E-state index contributed by atoms with van der Waals surface area (Å²) in [6, 6.07) is 0. The van der Waals surface area contributed by atoms with E-state index in [0.29, 0.717) is 12.8 Å². The first kappa shape index (κ1) is 19.3. The van der Waals surface area contributed by atoms with Crippen LogP contribution in [0.4, 0.5) is 0 Å². The van der Waals surface area contributed by atoms with Crippen LogP contribution >= 0.6 is 0 Å². The molecule has 4 atom stereocenters. The second-order valence-corrected chi connectivity index (χ2v) is 5.29. The van der Waals surface area contributed by atoms with E-state index < -0.39 is 24.1 Å². The minimum absolute atomic E-state index is 0.0794. The third-order valence-electron chi connectivity index (χ3n) is 3.23. The molecule has 1 aliphatic heterocycles. The van der Waals surface area contributed by atoms with Gasteiger partial charge in [-0.3, -0.25) is 0 Å². The maximum atomic E-state index is 11.7. The summed E-state index contributed by atoms with van der Waals surface area (Å²) in [7, 11) is 1.50. The van der Waals surface area contributed by atoms with Crippen LogP contribution in [-0.2, 0) is 28.5 Å². The summed E-state index contributed by atoms with van der Waals surface area (Å²) >= 11 is 0. The average molecular weight is 328 g/mol. The molecule has 0 bridgehead atoms. The van der Waals surface area contributed by atoms with Crippen molar-refractivity contribution in [2.75, 3.05) is 13.9 Å². The van der Waals surface area contributed by atoms with Crippen LogP contribution < -0.4 is 0 Å². The molecule has 0 radical (unpaired) electrons. The second kappa shape index (κ2) is 10.1. The molecule has 0 fully saturated rings. The quantitative estimate of drug-likeness (QED) is 0.613. The highest BCUT2D eigenvalue weighted by Gasteiger charge is 2.18. The molecule has 0 spiro atoms. The number of cyclic esters (lactones) is 2. The van der Waals surface area contributed by atoms with Gasteiger partial charge in [0.2, 0.25) is 0 Å². The topological polar surface area (TPSA) is 91.3 Å². The maximum Gasteiger partial charge on any atom is 0.330 e. The molecule has 0 aliphatic carbocycles. The van der Waals surface area contributed by atoms with E-state index in [2.05, 4.69) is 0 Å². The Bertz CT molecular complexity index is 444. The largest absolute Gasteiger partial charge is 0.460 e.